The molecule has 0 fully saturated rings. The summed E-state index contributed by atoms with van der Waals surface area (Å²) in [5.41, 5.74) is 13.8. The van der Waals surface area contributed by atoms with Crippen LogP contribution in [0.3, 0.4) is 0 Å². The number of carbonyl (C=O) groups is 4. The number of pyridine rings is 2. The fraction of sp³-hybridized carbons (Fsp3) is 0.216. The lowest BCUT2D eigenvalue weighted by Gasteiger charge is -2.17. The first-order valence-electron chi connectivity index (χ1n) is 22.4. The number of carboxylic acid groups (broad SMARTS) is 1. The Labute approximate surface area is 471 Å². The molecule has 0 unspecified atom stereocenters. The summed E-state index contributed by atoms with van der Waals surface area (Å²) in [4.78, 5) is 65.5. The normalized spacial score (nSPS) is 11.6. The molecule has 0 radical (unpaired) electrons. The molecule has 0 spiro atoms. The quantitative estimate of drug-likeness (QED) is 0.0645. The van der Waals surface area contributed by atoms with Crippen LogP contribution >= 0.6 is 46.2 Å². The maximum atomic E-state index is 13.1. The molecule has 6 heterocycles. The average Bonchev–Trinajstić information content (AvgIpc) is 4.27. The van der Waals surface area contributed by atoms with Crippen LogP contribution in [-0.4, -0.2) is 122 Å². The number of benzene rings is 2. The monoisotopic (exact) mass is 1180 g/mol. The van der Waals surface area contributed by atoms with Crippen LogP contribution in [0, 0.1) is 0 Å². The molecule has 0 aliphatic heterocycles. The summed E-state index contributed by atoms with van der Waals surface area (Å²) in [5, 5.41) is 21.6. The molecule has 6 aromatic heterocycles. The summed E-state index contributed by atoms with van der Waals surface area (Å²) < 4.78 is 46.9. The van der Waals surface area contributed by atoms with E-state index in [-0.39, 0.29) is 38.3 Å². The molecule has 19 nitrogen and oxygen atoms in total. The number of rotatable bonds is 19. The number of anilines is 2. The van der Waals surface area contributed by atoms with Gasteiger partial charge in [0.25, 0.3) is 5.91 Å². The van der Waals surface area contributed by atoms with E-state index in [0.29, 0.717) is 28.9 Å². The van der Waals surface area contributed by atoms with Gasteiger partial charge in [0, 0.05) is 72.9 Å². The minimum absolute atomic E-state index is 0. The predicted octanol–water partition coefficient (Wildman–Crippen LogP) is 5.74. The Morgan fingerprint density at radius 1 is 0.649 bits per heavy atom. The first kappa shape index (κ1) is 62.8. The van der Waals surface area contributed by atoms with E-state index in [0.717, 1.165) is 77.2 Å². The van der Waals surface area contributed by atoms with Gasteiger partial charge >= 0.3 is 5.97 Å². The van der Waals surface area contributed by atoms with Crippen molar-refractivity contribution in [2.45, 2.75) is 32.4 Å². The number of carbonyl (C=O) groups excluding carboxylic acids is 3. The van der Waals surface area contributed by atoms with Gasteiger partial charge in [0.15, 0.2) is 10.3 Å². The summed E-state index contributed by atoms with van der Waals surface area (Å²) in [6.07, 6.45) is 18.8. The zero-order valence-electron chi connectivity index (χ0n) is 41.1. The molecular formula is C51H58ClN10O9S6-. The Morgan fingerprint density at radius 2 is 1.08 bits per heavy atom. The summed E-state index contributed by atoms with van der Waals surface area (Å²) in [6.45, 7) is 0. The lowest BCUT2D eigenvalue weighted by atomic mass is 10.0. The van der Waals surface area contributed by atoms with Crippen molar-refractivity contribution in [1.82, 2.24) is 33.2 Å². The summed E-state index contributed by atoms with van der Waals surface area (Å²) in [6, 6.07) is 25.2. The van der Waals surface area contributed by atoms with E-state index in [1.165, 1.54) is 53.4 Å². The average molecular weight is 1180 g/mol. The highest BCUT2D eigenvalue weighted by Gasteiger charge is 2.24. The molecule has 0 saturated carbocycles. The number of thioether (sulfide) groups is 2. The molecule has 410 valence electrons. The van der Waals surface area contributed by atoms with E-state index in [1.807, 2.05) is 83.9 Å². The number of aromatic nitrogens is 6. The molecule has 77 heavy (non-hydrogen) atoms. The lowest BCUT2D eigenvalue weighted by Crippen LogP contribution is -3.00. The van der Waals surface area contributed by atoms with Crippen LogP contribution < -0.4 is 34.1 Å². The van der Waals surface area contributed by atoms with Crippen LogP contribution in [-0.2, 0) is 29.6 Å². The lowest BCUT2D eigenvalue weighted by molar-refractivity contribution is -0.118. The van der Waals surface area contributed by atoms with Crippen LogP contribution in [0.4, 0.5) is 10.3 Å². The second kappa shape index (κ2) is 29.7. The number of hydrogen-bond donors (Lipinski definition) is 5. The van der Waals surface area contributed by atoms with Gasteiger partial charge in [-0.1, -0.05) is 43.8 Å². The highest BCUT2D eigenvalue weighted by atomic mass is 35.5. The Bertz CT molecular complexity index is 3450. The zero-order valence-corrected chi connectivity index (χ0v) is 46.8. The minimum Gasteiger partial charge on any atom is -1.00 e. The topological polar surface area (TPSA) is 280 Å². The van der Waals surface area contributed by atoms with Gasteiger partial charge in [-0.15, -0.1) is 22.7 Å². The summed E-state index contributed by atoms with van der Waals surface area (Å²) in [7, 11) is -6.87. The molecule has 2 aromatic carbocycles. The second-order valence-corrected chi connectivity index (χ2v) is 23.6. The number of nitrogens with two attached hydrogens (primary N) is 1. The van der Waals surface area contributed by atoms with Crippen molar-refractivity contribution in [3.05, 3.63) is 156 Å². The molecule has 0 saturated heterocycles. The molecule has 8 rings (SSSR count). The fourth-order valence-electron chi connectivity index (χ4n) is 6.67. The Hall–Kier alpha value is -6.71. The van der Waals surface area contributed by atoms with Crippen LogP contribution in [0.2, 0.25) is 0 Å². The van der Waals surface area contributed by atoms with E-state index in [1.54, 1.807) is 48.3 Å². The zero-order chi connectivity index (χ0) is 54.1. The largest absolute Gasteiger partial charge is 1.00 e. The second-order valence-electron chi connectivity index (χ2n) is 16.2. The van der Waals surface area contributed by atoms with Gasteiger partial charge < -0.3 is 39.2 Å². The summed E-state index contributed by atoms with van der Waals surface area (Å²) in [5.74, 6) is -0.747. The fourth-order valence-corrected chi connectivity index (χ4v) is 10.3. The molecule has 0 bridgehead atoms. The summed E-state index contributed by atoms with van der Waals surface area (Å²) >= 11 is 5.93. The molecule has 3 amide bonds. The van der Waals surface area contributed by atoms with Crippen molar-refractivity contribution in [2.24, 2.45) is 5.73 Å². The van der Waals surface area contributed by atoms with E-state index < -0.39 is 49.9 Å². The van der Waals surface area contributed by atoms with Gasteiger partial charge in [0.1, 0.15) is 6.04 Å². The Balaban J connectivity index is 0.000000339. The van der Waals surface area contributed by atoms with Gasteiger partial charge in [0.05, 0.1) is 41.1 Å². The predicted molar refractivity (Wildman–Crippen MR) is 309 cm³/mol. The number of aromatic carboxylic acids is 1. The molecule has 8 aromatic rings. The number of thiazole rings is 2. The molecular weight excluding hydrogens is 1120 g/mol. The molecule has 0 aliphatic carbocycles. The highest BCUT2D eigenvalue weighted by Crippen LogP contribution is 2.30. The van der Waals surface area contributed by atoms with Crippen molar-refractivity contribution in [3.8, 4) is 44.8 Å². The molecule has 26 heteroatoms. The molecule has 2 atom stereocenters. The van der Waals surface area contributed by atoms with Crippen molar-refractivity contribution >= 4 is 100 Å². The van der Waals surface area contributed by atoms with Crippen LogP contribution in [0.5, 0.6) is 0 Å². The van der Waals surface area contributed by atoms with Crippen molar-refractivity contribution in [2.75, 3.05) is 47.2 Å². The third kappa shape index (κ3) is 18.8. The SMILES string of the molecule is C.CS(=O)(=O)n1ccc(C(=O)O)c1.CSCC[C@H](N)C(=O)Nc1nc(-c2cccc(-c3ccncc3)c2)cs1.CSCC[C@H](NC(=O)c1ccn(S(C)(=O)=O)c1)C(=O)Nc1nc(-c2cccc(-c3ccncc3)c2)cs1.[Cl-].[HH]. The number of amides is 3. The number of halogens is 1. The van der Waals surface area contributed by atoms with E-state index >= 15 is 0 Å². The van der Waals surface area contributed by atoms with Gasteiger partial charge in [-0.05, 0) is 108 Å². The maximum absolute atomic E-state index is 13.1. The van der Waals surface area contributed by atoms with Crippen molar-refractivity contribution < 1.29 is 55.0 Å². The van der Waals surface area contributed by atoms with Crippen molar-refractivity contribution in [1.29, 1.82) is 0 Å². The van der Waals surface area contributed by atoms with Crippen LogP contribution in [0.1, 0.15) is 42.4 Å². The van der Waals surface area contributed by atoms with E-state index in [9.17, 15) is 36.0 Å². The van der Waals surface area contributed by atoms with Crippen LogP contribution in [0.25, 0.3) is 44.8 Å². The number of nitrogens with zero attached hydrogens (tertiary/aromatic N) is 6. The van der Waals surface area contributed by atoms with Gasteiger partial charge in [-0.2, -0.15) is 23.5 Å². The van der Waals surface area contributed by atoms with Crippen LogP contribution in [0.15, 0.2) is 145 Å². The van der Waals surface area contributed by atoms with E-state index in [4.69, 9.17) is 10.8 Å². The van der Waals surface area contributed by atoms with E-state index in [2.05, 4.69) is 48.0 Å². The standard InChI is InChI=1S/C25H25N5O4S3.C19H20N4OS2.C6H7NO4S.CH4.ClH.H2/c1-35-13-9-21(27-23(31)20-8-12-30(15-20)37(2,33)34)24(32)29-25-28-22(16-36-25)19-5-3-4-18(14-19)17-6-10-26-11-7-17;1-25-10-7-16(20)18(24)23-19-22-17(12-26-19)15-4-2-3-14(11-15)13-5-8-21-9-6-13;1-12(10,11)7-3-2-5(4-7)6(8)9;;;/h3-8,10-12,14-16,21H,9,13H2,1-2H3,(H,27,31)(H,28,29,32);2-6,8-9,11-12,16H,7,10,20H2,1H3,(H,22,23,24);2-4H,1H3,(H,8,9);1H4;2*1H/p-1/t21-;16-;;;;/m00..../s1. The minimum atomic E-state index is -3.51. The maximum Gasteiger partial charge on any atom is 0.337 e. The number of nitrogens with one attached hydrogen (secondary N) is 3. The Morgan fingerprint density at radius 3 is 1.51 bits per heavy atom. The van der Waals surface area contributed by atoms with Crippen molar-refractivity contribution in [3.63, 3.8) is 0 Å². The van der Waals surface area contributed by atoms with Gasteiger partial charge in [-0.3, -0.25) is 32.3 Å². The van der Waals surface area contributed by atoms with Gasteiger partial charge in [-0.25, -0.2) is 31.6 Å². The first-order valence-corrected chi connectivity index (χ1v) is 30.7. The first-order chi connectivity index (χ1) is 35.8. The molecule has 0 aliphatic rings. The smallest absolute Gasteiger partial charge is 0.337 e. The highest BCUT2D eigenvalue weighted by molar-refractivity contribution is 7.98. The number of hydrogen-bond acceptors (Lipinski definition) is 17. The molecule has 6 N–H and O–H groups in total. The third-order valence-electron chi connectivity index (χ3n) is 10.6. The third-order valence-corrected chi connectivity index (χ3v) is 15.4. The van der Waals surface area contributed by atoms with Gasteiger partial charge in [0.2, 0.25) is 31.9 Å². The Kier molecular flexibility index (Phi) is 24.2. The number of carboxylic acids is 1.